The molecule has 0 aliphatic heterocycles. The topological polar surface area (TPSA) is 50.1 Å². The number of benzene rings is 1. The molecule has 0 amide bonds. The maximum Gasteiger partial charge on any atom is 0.446 e. The number of alkyl halides is 3. The van der Waals surface area contributed by atoms with E-state index in [1.54, 1.807) is 6.07 Å². The molecule has 96 valence electrons. The molecule has 0 bridgehead atoms. The van der Waals surface area contributed by atoms with Gasteiger partial charge in [0.05, 0.1) is 18.2 Å². The van der Waals surface area contributed by atoms with Crippen LogP contribution in [0.5, 0.6) is 0 Å². The van der Waals surface area contributed by atoms with Crippen LogP contribution in [-0.2, 0) is 4.74 Å². The zero-order valence-corrected chi connectivity index (χ0v) is 11.2. The van der Waals surface area contributed by atoms with Crippen molar-refractivity contribution in [3.63, 3.8) is 0 Å². The SMILES string of the molecule is COC(=O)c1ccc(Br)c(C#N)c1SC(F)(F)F. The average Bonchev–Trinajstić information content (AvgIpc) is 2.26. The Morgan fingerprint density at radius 3 is 2.56 bits per heavy atom. The predicted octanol–water partition coefficient (Wildman–Crippen LogP) is 3.72. The van der Waals surface area contributed by atoms with E-state index in [-0.39, 0.29) is 15.6 Å². The first-order chi connectivity index (χ1) is 8.30. The van der Waals surface area contributed by atoms with Crippen LogP contribution < -0.4 is 0 Å². The third kappa shape index (κ3) is 3.40. The highest BCUT2D eigenvalue weighted by atomic mass is 79.9. The van der Waals surface area contributed by atoms with Crippen molar-refractivity contribution in [1.82, 2.24) is 0 Å². The van der Waals surface area contributed by atoms with E-state index in [0.29, 0.717) is 0 Å². The van der Waals surface area contributed by atoms with Crippen molar-refractivity contribution in [2.45, 2.75) is 10.4 Å². The van der Waals surface area contributed by atoms with Crippen molar-refractivity contribution in [2.24, 2.45) is 0 Å². The van der Waals surface area contributed by atoms with Gasteiger partial charge in [0, 0.05) is 9.37 Å². The summed E-state index contributed by atoms with van der Waals surface area (Å²) in [6.07, 6.45) is 0. The lowest BCUT2D eigenvalue weighted by atomic mass is 10.1. The number of ether oxygens (including phenoxy) is 1. The molecular weight excluding hydrogens is 335 g/mol. The summed E-state index contributed by atoms with van der Waals surface area (Å²) in [5, 5.41) is 8.86. The minimum absolute atomic E-state index is 0.185. The Morgan fingerprint density at radius 1 is 1.50 bits per heavy atom. The summed E-state index contributed by atoms with van der Waals surface area (Å²) in [5.74, 6) is -0.925. The zero-order chi connectivity index (χ0) is 13.9. The Morgan fingerprint density at radius 2 is 2.11 bits per heavy atom. The van der Waals surface area contributed by atoms with E-state index in [9.17, 15) is 18.0 Å². The number of methoxy groups -OCH3 is 1. The van der Waals surface area contributed by atoms with Gasteiger partial charge in [0.1, 0.15) is 6.07 Å². The highest BCUT2D eigenvalue weighted by Gasteiger charge is 2.33. The number of carbonyl (C=O) groups is 1. The molecule has 0 N–H and O–H groups in total. The first-order valence-corrected chi connectivity index (χ1v) is 5.97. The second-order valence-electron chi connectivity index (χ2n) is 2.95. The largest absolute Gasteiger partial charge is 0.465 e. The van der Waals surface area contributed by atoms with Crippen LogP contribution in [0.2, 0.25) is 0 Å². The fraction of sp³-hybridized carbons (Fsp3) is 0.200. The van der Waals surface area contributed by atoms with Gasteiger partial charge in [-0.05, 0) is 39.8 Å². The van der Waals surface area contributed by atoms with Gasteiger partial charge < -0.3 is 4.74 Å². The molecule has 0 aliphatic rings. The molecule has 0 saturated heterocycles. The smallest absolute Gasteiger partial charge is 0.446 e. The lowest BCUT2D eigenvalue weighted by Crippen LogP contribution is -2.08. The number of nitrogens with zero attached hydrogens (tertiary/aromatic N) is 1. The average molecular weight is 340 g/mol. The number of esters is 1. The van der Waals surface area contributed by atoms with Crippen LogP contribution in [0.15, 0.2) is 21.5 Å². The van der Waals surface area contributed by atoms with Crippen molar-refractivity contribution in [3.8, 4) is 6.07 Å². The van der Waals surface area contributed by atoms with Crippen LogP contribution in [0.3, 0.4) is 0 Å². The maximum absolute atomic E-state index is 12.4. The minimum atomic E-state index is -4.60. The fourth-order valence-corrected chi connectivity index (χ4v) is 2.46. The van der Waals surface area contributed by atoms with Gasteiger partial charge >= 0.3 is 11.5 Å². The van der Waals surface area contributed by atoms with E-state index in [1.165, 1.54) is 12.1 Å². The Hall–Kier alpha value is -1.20. The Balaban J connectivity index is 3.45. The Kier molecular flexibility index (Phi) is 4.65. The summed E-state index contributed by atoms with van der Waals surface area (Å²) in [4.78, 5) is 10.9. The summed E-state index contributed by atoms with van der Waals surface area (Å²) in [7, 11) is 1.05. The highest BCUT2D eigenvalue weighted by Crippen LogP contribution is 2.42. The predicted molar refractivity (Wildman–Crippen MR) is 62.1 cm³/mol. The number of hydrogen-bond donors (Lipinski definition) is 0. The van der Waals surface area contributed by atoms with E-state index in [0.717, 1.165) is 7.11 Å². The molecule has 0 spiro atoms. The first kappa shape index (κ1) is 14.9. The number of halogens is 4. The number of hydrogen-bond acceptors (Lipinski definition) is 4. The van der Waals surface area contributed by atoms with Gasteiger partial charge in [-0.3, -0.25) is 0 Å². The molecule has 0 radical (unpaired) electrons. The van der Waals surface area contributed by atoms with Gasteiger partial charge in [0.15, 0.2) is 0 Å². The zero-order valence-electron chi connectivity index (χ0n) is 8.84. The van der Waals surface area contributed by atoms with Gasteiger partial charge in [-0.1, -0.05) is 0 Å². The molecule has 0 unspecified atom stereocenters. The normalized spacial score (nSPS) is 10.9. The van der Waals surface area contributed by atoms with Gasteiger partial charge in [-0.15, -0.1) is 0 Å². The standard InChI is InChI=1S/C10H5BrF3NO2S/c1-17-9(16)5-2-3-7(11)6(4-15)8(5)18-10(12,13)14/h2-3H,1H3. The van der Waals surface area contributed by atoms with Crippen LogP contribution in [0.4, 0.5) is 13.2 Å². The van der Waals surface area contributed by atoms with E-state index in [4.69, 9.17) is 5.26 Å². The van der Waals surface area contributed by atoms with Crippen molar-refractivity contribution in [1.29, 1.82) is 5.26 Å². The number of rotatable bonds is 2. The second-order valence-corrected chi connectivity index (χ2v) is 4.88. The summed E-state index contributed by atoms with van der Waals surface area (Å²) < 4.78 is 41.8. The molecule has 0 aromatic heterocycles. The summed E-state index contributed by atoms with van der Waals surface area (Å²) >= 11 is 2.45. The molecule has 1 aromatic rings. The van der Waals surface area contributed by atoms with Crippen molar-refractivity contribution >= 4 is 33.7 Å². The second kappa shape index (κ2) is 5.63. The van der Waals surface area contributed by atoms with E-state index < -0.39 is 28.1 Å². The van der Waals surface area contributed by atoms with Crippen LogP contribution in [-0.4, -0.2) is 18.6 Å². The van der Waals surface area contributed by atoms with E-state index in [2.05, 4.69) is 20.7 Å². The van der Waals surface area contributed by atoms with Crippen LogP contribution in [0.25, 0.3) is 0 Å². The Bertz CT molecular complexity index is 525. The number of thioether (sulfide) groups is 1. The van der Waals surface area contributed by atoms with Gasteiger partial charge in [-0.2, -0.15) is 18.4 Å². The molecule has 0 atom stereocenters. The summed E-state index contributed by atoms with van der Waals surface area (Å²) in [5.41, 5.74) is -5.14. The van der Waals surface area contributed by atoms with E-state index in [1.807, 2.05) is 0 Å². The van der Waals surface area contributed by atoms with Gasteiger partial charge in [0.25, 0.3) is 0 Å². The third-order valence-electron chi connectivity index (χ3n) is 1.84. The molecule has 18 heavy (non-hydrogen) atoms. The van der Waals surface area contributed by atoms with Crippen molar-refractivity contribution in [2.75, 3.05) is 7.11 Å². The monoisotopic (exact) mass is 339 g/mol. The molecule has 0 fully saturated rings. The molecule has 3 nitrogen and oxygen atoms in total. The maximum atomic E-state index is 12.4. The number of carbonyl (C=O) groups excluding carboxylic acids is 1. The molecule has 1 rings (SSSR count). The van der Waals surface area contributed by atoms with Crippen LogP contribution >= 0.6 is 27.7 Å². The van der Waals surface area contributed by atoms with Crippen molar-refractivity contribution in [3.05, 3.63) is 27.7 Å². The lowest BCUT2D eigenvalue weighted by Gasteiger charge is -2.12. The van der Waals surface area contributed by atoms with E-state index >= 15 is 0 Å². The molecular formula is C10H5BrF3NO2S. The van der Waals surface area contributed by atoms with Gasteiger partial charge in [0.2, 0.25) is 0 Å². The molecule has 0 heterocycles. The van der Waals surface area contributed by atoms with Crippen LogP contribution in [0, 0.1) is 11.3 Å². The van der Waals surface area contributed by atoms with Crippen LogP contribution in [0.1, 0.15) is 15.9 Å². The highest BCUT2D eigenvalue weighted by molar-refractivity contribution is 9.10. The third-order valence-corrected chi connectivity index (χ3v) is 3.36. The fourth-order valence-electron chi connectivity index (χ4n) is 1.16. The van der Waals surface area contributed by atoms with Gasteiger partial charge in [-0.25, -0.2) is 4.79 Å². The minimum Gasteiger partial charge on any atom is -0.465 e. The lowest BCUT2D eigenvalue weighted by molar-refractivity contribution is -0.0328. The Labute approximate surface area is 113 Å². The molecule has 1 aromatic carbocycles. The quantitative estimate of drug-likeness (QED) is 0.608. The number of nitriles is 1. The summed E-state index contributed by atoms with van der Waals surface area (Å²) in [6, 6.07) is 4.13. The molecule has 0 aliphatic carbocycles. The van der Waals surface area contributed by atoms with Crippen molar-refractivity contribution < 1.29 is 22.7 Å². The molecule has 8 heteroatoms. The molecule has 0 saturated carbocycles. The summed E-state index contributed by atoms with van der Waals surface area (Å²) in [6.45, 7) is 0. The first-order valence-electron chi connectivity index (χ1n) is 4.36.